The van der Waals surface area contributed by atoms with Crippen molar-refractivity contribution in [2.45, 2.75) is 181 Å². The number of nitrogens with zero attached hydrogens (tertiary/aromatic N) is 2. The van der Waals surface area contributed by atoms with E-state index in [0.29, 0.717) is 0 Å². The molecule has 0 N–H and O–H groups in total. The van der Waals surface area contributed by atoms with Crippen LogP contribution >= 0.6 is 0 Å². The highest BCUT2D eigenvalue weighted by atomic mass is 15.2. The summed E-state index contributed by atoms with van der Waals surface area (Å²) in [6, 6.07) is 39.2. The number of fused-ring (bicyclic) bond motifs is 7. The molecule has 0 bridgehead atoms. The fraction of sp³-hybridized carbons (Fsp3) is 0.438. The minimum atomic E-state index is -0.106. The topological polar surface area (TPSA) is 6.48 Å². The summed E-state index contributed by atoms with van der Waals surface area (Å²) in [5, 5.41) is 0. The van der Waals surface area contributed by atoms with Crippen LogP contribution in [0.15, 0.2) is 97.1 Å². The fourth-order valence-electron chi connectivity index (χ4n) is 14.8. The number of hydrogen-bond acceptors (Lipinski definition) is 2. The van der Waals surface area contributed by atoms with E-state index in [1.807, 2.05) is 0 Å². The second-order valence-corrected chi connectivity index (χ2v) is 26.9. The van der Waals surface area contributed by atoms with E-state index in [-0.39, 0.29) is 44.6 Å². The molecule has 2 aliphatic heterocycles. The highest BCUT2D eigenvalue weighted by Gasteiger charge is 2.50. The summed E-state index contributed by atoms with van der Waals surface area (Å²) in [5.41, 5.74) is 28.2. The van der Waals surface area contributed by atoms with Crippen LogP contribution in [0.3, 0.4) is 0 Å². The Hall–Kier alpha value is -5.02. The quantitative estimate of drug-likeness (QED) is 0.163. The Morgan fingerprint density at radius 1 is 0.433 bits per heavy atom. The molecule has 0 spiro atoms. The molecular weight excluding hydrogens is 808 g/mol. The van der Waals surface area contributed by atoms with E-state index in [2.05, 4.69) is 225 Å². The fourth-order valence-corrected chi connectivity index (χ4v) is 14.8. The maximum Gasteiger partial charge on any atom is 0.252 e. The van der Waals surface area contributed by atoms with Crippen molar-refractivity contribution >= 4 is 57.2 Å². The SMILES string of the molecule is Cc1cc2c(cc1N1c3cc4c(cc3B3c5ccc(-c6ccccc6)cc5N(c5ccc6c(c5C)C(C)(C)CCC6(C)C)c5cc(C(C)(C)C)cc1c53)C(C)(C)CC4(C)C)C(C)(C)CC2(C)C. The molecule has 344 valence electrons. The number of aryl methyl sites for hydroxylation is 1. The third-order valence-electron chi connectivity index (χ3n) is 17.9. The molecule has 6 aromatic carbocycles. The van der Waals surface area contributed by atoms with E-state index >= 15 is 0 Å². The first-order chi connectivity index (χ1) is 31.1. The summed E-state index contributed by atoms with van der Waals surface area (Å²) >= 11 is 0. The van der Waals surface area contributed by atoms with Gasteiger partial charge in [0.1, 0.15) is 0 Å². The lowest BCUT2D eigenvalue weighted by atomic mass is 9.33. The summed E-state index contributed by atoms with van der Waals surface area (Å²) in [4.78, 5) is 5.48. The first kappa shape index (κ1) is 44.5. The number of hydrogen-bond donors (Lipinski definition) is 0. The molecule has 0 saturated carbocycles. The van der Waals surface area contributed by atoms with E-state index in [9.17, 15) is 0 Å². The Balaban J connectivity index is 1.29. The minimum Gasteiger partial charge on any atom is -0.311 e. The van der Waals surface area contributed by atoms with Gasteiger partial charge < -0.3 is 9.80 Å². The van der Waals surface area contributed by atoms with Gasteiger partial charge in [0, 0.05) is 34.1 Å². The minimum absolute atomic E-state index is 0.0459. The molecule has 3 aliphatic carbocycles. The summed E-state index contributed by atoms with van der Waals surface area (Å²) in [7, 11) is 0. The van der Waals surface area contributed by atoms with Gasteiger partial charge in [0.15, 0.2) is 0 Å². The van der Waals surface area contributed by atoms with Crippen LogP contribution in [-0.2, 0) is 37.9 Å². The molecule has 67 heavy (non-hydrogen) atoms. The van der Waals surface area contributed by atoms with Crippen LogP contribution in [0.1, 0.15) is 180 Å². The van der Waals surface area contributed by atoms with Crippen molar-refractivity contribution in [3.63, 3.8) is 0 Å². The van der Waals surface area contributed by atoms with Crippen LogP contribution < -0.4 is 26.2 Å². The molecule has 6 aromatic rings. The lowest BCUT2D eigenvalue weighted by Gasteiger charge is -2.47. The molecule has 3 heteroatoms. The molecule has 2 nitrogen and oxygen atoms in total. The Morgan fingerprint density at radius 2 is 0.955 bits per heavy atom. The highest BCUT2D eigenvalue weighted by Crippen LogP contribution is 2.57. The van der Waals surface area contributed by atoms with Crippen LogP contribution in [0.5, 0.6) is 0 Å². The summed E-state index contributed by atoms with van der Waals surface area (Å²) in [6.45, 7) is 41.8. The predicted molar refractivity (Wildman–Crippen MR) is 291 cm³/mol. The smallest absolute Gasteiger partial charge is 0.252 e. The van der Waals surface area contributed by atoms with Gasteiger partial charge in [0.2, 0.25) is 0 Å². The van der Waals surface area contributed by atoms with Gasteiger partial charge in [0.25, 0.3) is 6.71 Å². The predicted octanol–water partition coefficient (Wildman–Crippen LogP) is 15.6. The zero-order valence-electron chi connectivity index (χ0n) is 44.0. The van der Waals surface area contributed by atoms with E-state index < -0.39 is 0 Å². The van der Waals surface area contributed by atoms with Crippen LogP contribution in [0.2, 0.25) is 0 Å². The summed E-state index contributed by atoms with van der Waals surface area (Å²) in [5.74, 6) is 0. The molecular formula is C64H75BN2. The second-order valence-electron chi connectivity index (χ2n) is 26.9. The molecule has 0 aromatic heterocycles. The molecule has 2 heterocycles. The number of benzene rings is 6. The van der Waals surface area contributed by atoms with E-state index in [0.717, 1.165) is 12.8 Å². The average Bonchev–Trinajstić information content (AvgIpc) is 3.54. The lowest BCUT2D eigenvalue weighted by Crippen LogP contribution is -2.61. The molecule has 0 atom stereocenters. The third kappa shape index (κ3) is 6.41. The maximum absolute atomic E-state index is 2.76. The zero-order valence-corrected chi connectivity index (χ0v) is 44.0. The highest BCUT2D eigenvalue weighted by molar-refractivity contribution is 7.00. The van der Waals surface area contributed by atoms with Crippen molar-refractivity contribution in [2.24, 2.45) is 0 Å². The van der Waals surface area contributed by atoms with Crippen molar-refractivity contribution in [2.75, 3.05) is 9.80 Å². The normalized spacial score (nSPS) is 20.4. The van der Waals surface area contributed by atoms with Gasteiger partial charge in [-0.2, -0.15) is 0 Å². The van der Waals surface area contributed by atoms with Crippen molar-refractivity contribution in [1.82, 2.24) is 0 Å². The first-order valence-corrected chi connectivity index (χ1v) is 25.6. The average molecular weight is 883 g/mol. The molecule has 0 saturated heterocycles. The Kier molecular flexibility index (Phi) is 9.18. The molecule has 0 amide bonds. The molecule has 0 radical (unpaired) electrons. The van der Waals surface area contributed by atoms with E-state index in [4.69, 9.17) is 0 Å². The second kappa shape index (κ2) is 13.8. The number of rotatable bonds is 3. The van der Waals surface area contributed by atoms with Gasteiger partial charge in [-0.05, 0) is 191 Å². The van der Waals surface area contributed by atoms with Gasteiger partial charge >= 0.3 is 0 Å². The van der Waals surface area contributed by atoms with Crippen LogP contribution in [0, 0.1) is 13.8 Å². The Labute approximate surface area is 404 Å². The first-order valence-electron chi connectivity index (χ1n) is 25.6. The van der Waals surface area contributed by atoms with Crippen molar-refractivity contribution in [1.29, 1.82) is 0 Å². The number of anilines is 6. The maximum atomic E-state index is 2.76. The lowest BCUT2D eigenvalue weighted by molar-refractivity contribution is 0.330. The van der Waals surface area contributed by atoms with Crippen molar-refractivity contribution in [3.05, 3.63) is 147 Å². The van der Waals surface area contributed by atoms with Gasteiger partial charge in [-0.3, -0.25) is 0 Å². The zero-order chi connectivity index (χ0) is 47.9. The summed E-state index contributed by atoms with van der Waals surface area (Å²) < 4.78 is 0. The Morgan fingerprint density at radius 3 is 1.55 bits per heavy atom. The summed E-state index contributed by atoms with van der Waals surface area (Å²) in [6.07, 6.45) is 4.66. The van der Waals surface area contributed by atoms with Gasteiger partial charge in [0.05, 0.1) is 0 Å². The van der Waals surface area contributed by atoms with Gasteiger partial charge in [-0.1, -0.05) is 165 Å². The molecule has 0 unspecified atom stereocenters. The van der Waals surface area contributed by atoms with Crippen LogP contribution in [0.25, 0.3) is 11.1 Å². The Bertz CT molecular complexity index is 3090. The molecule has 5 aliphatic rings. The van der Waals surface area contributed by atoms with Crippen LogP contribution in [-0.4, -0.2) is 6.71 Å². The van der Waals surface area contributed by atoms with Crippen molar-refractivity contribution < 1.29 is 0 Å². The molecule has 11 rings (SSSR count). The van der Waals surface area contributed by atoms with Crippen LogP contribution in [0.4, 0.5) is 34.1 Å². The van der Waals surface area contributed by atoms with E-state index in [1.54, 1.807) is 0 Å². The monoisotopic (exact) mass is 883 g/mol. The standard InChI is InChI=1S/C64H75BN2/c1-38-29-44-46(63(14,15)36-61(44,10)11)34-51(38)67-53-35-47-45(62(12,13)37-64(47,16)17)33-49(53)65-48-25-23-41(40-21-19-18-20-22-40)30-52(48)66(54-31-42(58(3,4)5)32-55(67)57(54)65)50-26-24-43-56(39(50)2)60(8,9)28-27-59(43,6)7/h18-26,29-35H,27-28,36-37H2,1-17H3. The molecule has 0 fully saturated rings. The van der Waals surface area contributed by atoms with Gasteiger partial charge in [-0.25, -0.2) is 0 Å². The van der Waals surface area contributed by atoms with E-state index in [1.165, 1.54) is 125 Å². The van der Waals surface area contributed by atoms with Gasteiger partial charge in [-0.15, -0.1) is 0 Å². The van der Waals surface area contributed by atoms with Crippen molar-refractivity contribution in [3.8, 4) is 11.1 Å². The third-order valence-corrected chi connectivity index (χ3v) is 17.9. The largest absolute Gasteiger partial charge is 0.311 e.